The molecular weight excluding hydrogens is 571 g/mol. The van der Waals surface area contributed by atoms with Crippen molar-refractivity contribution in [1.29, 1.82) is 0 Å². The van der Waals surface area contributed by atoms with Crippen LogP contribution < -0.4 is 24.8 Å². The van der Waals surface area contributed by atoms with Gasteiger partial charge in [-0.1, -0.05) is 93.0 Å². The molecule has 0 saturated carbocycles. The molecule has 2 aromatic rings. The van der Waals surface area contributed by atoms with E-state index in [1.165, 1.54) is 47.7 Å². The van der Waals surface area contributed by atoms with E-state index in [1.54, 1.807) is 24.2 Å². The van der Waals surface area contributed by atoms with Crippen LogP contribution in [-0.4, -0.2) is 3.21 Å². The molecule has 0 N–H and O–H groups in total. The van der Waals surface area contributed by atoms with Crippen LogP contribution in [0.15, 0.2) is 47.6 Å². The van der Waals surface area contributed by atoms with Gasteiger partial charge in [-0.2, -0.15) is 29.3 Å². The summed E-state index contributed by atoms with van der Waals surface area (Å²) in [5.41, 5.74) is 11.8. The zero-order valence-electron chi connectivity index (χ0n) is 25.1. The molecule has 0 aromatic heterocycles. The van der Waals surface area contributed by atoms with Crippen molar-refractivity contribution in [3.63, 3.8) is 0 Å². The second-order valence-corrected chi connectivity index (χ2v) is 15.7. The van der Waals surface area contributed by atoms with E-state index < -0.39 is 0 Å². The fourth-order valence-electron chi connectivity index (χ4n) is 4.11. The van der Waals surface area contributed by atoms with Crippen LogP contribution in [0, 0.1) is 17.6 Å². The smallest absolute Gasteiger partial charge is 1.00 e. The molecule has 0 heterocycles. The Morgan fingerprint density at radius 1 is 0.784 bits per heavy atom. The van der Waals surface area contributed by atoms with E-state index in [-0.39, 0.29) is 35.6 Å². The number of halogens is 2. The van der Waals surface area contributed by atoms with Crippen molar-refractivity contribution in [2.45, 2.75) is 107 Å². The molecule has 0 atom stereocenters. The molecule has 202 valence electrons. The van der Waals surface area contributed by atoms with E-state index in [4.69, 9.17) is 0 Å². The molecule has 37 heavy (non-hydrogen) atoms. The van der Waals surface area contributed by atoms with Crippen LogP contribution in [0.25, 0.3) is 11.1 Å². The Bertz CT molecular complexity index is 1060. The van der Waals surface area contributed by atoms with Crippen LogP contribution in [0.5, 0.6) is 0 Å². The summed E-state index contributed by atoms with van der Waals surface area (Å²) in [4.78, 5) is 0. The van der Waals surface area contributed by atoms with Crippen LogP contribution in [0.2, 0.25) is 0 Å². The maximum absolute atomic E-state index is 3.67. The number of allylic oxidation sites excluding steroid dienone is 4. The Labute approximate surface area is 256 Å². The second kappa shape index (κ2) is 14.1. The SMILES string of the molecule is CC(C)(C)c1[c-]c2c(cc1)-c1ccc(C(C)(C)C)cc1C2.CC1=[C-]CC(C(C)(C)C)=C1.C[C](C)=[Zr+2].[Cl-].[Cl-]. The molecular formula is C34H46Cl2Zr-2. The molecule has 0 radical (unpaired) electrons. The van der Waals surface area contributed by atoms with Crippen molar-refractivity contribution in [2.75, 3.05) is 0 Å². The van der Waals surface area contributed by atoms with Crippen molar-refractivity contribution < 1.29 is 49.0 Å². The summed E-state index contributed by atoms with van der Waals surface area (Å²) in [6, 6.07) is 15.2. The molecule has 0 unspecified atom stereocenters. The van der Waals surface area contributed by atoms with Gasteiger partial charge in [0.25, 0.3) is 0 Å². The maximum Gasteiger partial charge on any atom is -1.00 e. The predicted octanol–water partition coefficient (Wildman–Crippen LogP) is 3.52. The van der Waals surface area contributed by atoms with E-state index in [0.717, 1.165) is 12.8 Å². The first-order valence-electron chi connectivity index (χ1n) is 12.9. The summed E-state index contributed by atoms with van der Waals surface area (Å²) < 4.78 is 1.51. The minimum Gasteiger partial charge on any atom is -1.00 e. The summed E-state index contributed by atoms with van der Waals surface area (Å²) in [5.74, 6) is 0. The largest absolute Gasteiger partial charge is 1.00 e. The zero-order valence-corrected chi connectivity index (χ0v) is 29.1. The quantitative estimate of drug-likeness (QED) is 0.340. The summed E-state index contributed by atoms with van der Waals surface area (Å²) >= 11 is 1.55. The minimum absolute atomic E-state index is 0. The van der Waals surface area contributed by atoms with Gasteiger partial charge in [-0.15, -0.1) is 17.5 Å². The molecule has 0 fully saturated rings. The van der Waals surface area contributed by atoms with Gasteiger partial charge in [0.05, 0.1) is 0 Å². The summed E-state index contributed by atoms with van der Waals surface area (Å²) in [6.45, 7) is 26.7. The third kappa shape index (κ3) is 10.7. The van der Waals surface area contributed by atoms with E-state index in [0.29, 0.717) is 5.41 Å². The van der Waals surface area contributed by atoms with Gasteiger partial charge in [-0.25, -0.2) is 11.6 Å². The number of benzene rings is 2. The van der Waals surface area contributed by atoms with Gasteiger partial charge in [0.2, 0.25) is 0 Å². The first kappa shape index (κ1) is 36.3. The molecule has 0 saturated heterocycles. The number of rotatable bonds is 0. The first-order chi connectivity index (χ1) is 15.9. The zero-order chi connectivity index (χ0) is 26.8. The normalized spacial score (nSPS) is 13.8. The molecule has 0 amide bonds. The van der Waals surface area contributed by atoms with E-state index >= 15 is 0 Å². The van der Waals surface area contributed by atoms with Gasteiger partial charge in [0.15, 0.2) is 0 Å². The van der Waals surface area contributed by atoms with Crippen LogP contribution in [-0.2, 0) is 41.5 Å². The average Bonchev–Trinajstić information content (AvgIpc) is 3.29. The van der Waals surface area contributed by atoms with Crippen LogP contribution in [0.4, 0.5) is 0 Å². The van der Waals surface area contributed by atoms with Crippen LogP contribution in [0.1, 0.15) is 112 Å². The topological polar surface area (TPSA) is 0 Å². The van der Waals surface area contributed by atoms with Crippen LogP contribution in [0.3, 0.4) is 0 Å². The number of hydrogen-bond donors (Lipinski definition) is 0. The Hall–Kier alpha value is -0.747. The van der Waals surface area contributed by atoms with Crippen molar-refractivity contribution in [1.82, 2.24) is 0 Å². The summed E-state index contributed by atoms with van der Waals surface area (Å²) in [7, 11) is 0. The van der Waals surface area contributed by atoms with Crippen molar-refractivity contribution >= 4 is 3.21 Å². The fourth-order valence-corrected chi connectivity index (χ4v) is 4.11. The summed E-state index contributed by atoms with van der Waals surface area (Å²) in [6.07, 6.45) is 7.61. The number of hydrogen-bond acceptors (Lipinski definition) is 0. The molecule has 2 aliphatic carbocycles. The van der Waals surface area contributed by atoms with Gasteiger partial charge < -0.3 is 24.8 Å². The van der Waals surface area contributed by atoms with E-state index in [1.807, 2.05) is 0 Å². The molecule has 3 heteroatoms. The molecule has 4 rings (SSSR count). The average molecular weight is 617 g/mol. The fraction of sp³-hybridized carbons (Fsp3) is 0.500. The van der Waals surface area contributed by atoms with Crippen molar-refractivity contribution in [2.24, 2.45) is 5.41 Å². The maximum atomic E-state index is 3.67. The van der Waals surface area contributed by atoms with E-state index in [9.17, 15) is 0 Å². The van der Waals surface area contributed by atoms with Gasteiger partial charge in [-0.3, -0.25) is 6.08 Å². The monoisotopic (exact) mass is 614 g/mol. The Morgan fingerprint density at radius 2 is 1.32 bits per heavy atom. The molecule has 0 aliphatic heterocycles. The first-order valence-corrected chi connectivity index (χ1v) is 14.1. The Kier molecular flexibility index (Phi) is 13.8. The van der Waals surface area contributed by atoms with Gasteiger partial charge in [0, 0.05) is 0 Å². The molecule has 0 bridgehead atoms. The molecule has 0 spiro atoms. The standard InChI is InChI=1S/C21H25.C10H15.C3H6.2ClH.Zr/c1-20(2,3)16-7-9-18-14(12-16)11-15-13-17(21(4,5)6)8-10-19(15)18;1-8-5-6-9(7-8)10(2,3)4;1-3-2;;;/h7-10,12H,11H2,1-6H3;7H,6H2,1-4H3;1-2H3;2*1H;/q2*-1;;;;+2/p-2. The van der Waals surface area contributed by atoms with Crippen molar-refractivity contribution in [3.8, 4) is 11.1 Å². The minimum atomic E-state index is 0. The van der Waals surface area contributed by atoms with Crippen molar-refractivity contribution in [3.05, 3.63) is 82.0 Å². The second-order valence-electron chi connectivity index (χ2n) is 13.3. The van der Waals surface area contributed by atoms with Gasteiger partial charge in [-0.05, 0) is 33.8 Å². The van der Waals surface area contributed by atoms with Crippen LogP contribution >= 0.6 is 0 Å². The third-order valence-corrected chi connectivity index (χ3v) is 6.38. The molecule has 2 aromatic carbocycles. The molecule has 0 nitrogen and oxygen atoms in total. The van der Waals surface area contributed by atoms with Gasteiger partial charge in [0.1, 0.15) is 0 Å². The van der Waals surface area contributed by atoms with Gasteiger partial charge >= 0.3 is 41.3 Å². The summed E-state index contributed by atoms with van der Waals surface area (Å²) in [5, 5.41) is 0. The predicted molar refractivity (Wildman–Crippen MR) is 152 cm³/mol. The third-order valence-electron chi connectivity index (χ3n) is 6.38. The molecule has 2 aliphatic rings. The Morgan fingerprint density at radius 3 is 1.73 bits per heavy atom. The Balaban J connectivity index is 0.000000684. The number of fused-ring (bicyclic) bond motifs is 3. The van der Waals surface area contributed by atoms with E-state index in [2.05, 4.69) is 132 Å².